The highest BCUT2D eigenvalue weighted by atomic mass is 16.5. The molecule has 3 rings (SSSR count). The topological polar surface area (TPSA) is 9.23 Å². The van der Waals surface area contributed by atoms with Crippen LogP contribution in [0.25, 0.3) is 11.1 Å². The van der Waals surface area contributed by atoms with Crippen LogP contribution in [-0.2, 0) is 0 Å². The number of rotatable bonds is 4. The van der Waals surface area contributed by atoms with Crippen LogP contribution < -0.4 is 4.74 Å². The van der Waals surface area contributed by atoms with Crippen LogP contribution in [0.3, 0.4) is 0 Å². The molecule has 1 saturated carbocycles. The Hall–Kier alpha value is -1.76. The molecule has 0 aliphatic heterocycles. The van der Waals surface area contributed by atoms with Crippen molar-refractivity contribution >= 4 is 0 Å². The predicted octanol–water partition coefficient (Wildman–Crippen LogP) is 4.14. The lowest BCUT2D eigenvalue weighted by molar-refractivity contribution is 0.300. The van der Waals surface area contributed by atoms with E-state index in [-0.39, 0.29) is 0 Å². The quantitative estimate of drug-likeness (QED) is 0.758. The van der Waals surface area contributed by atoms with Gasteiger partial charge < -0.3 is 4.74 Å². The monoisotopic (exact) mass is 224 g/mol. The first-order valence-electron chi connectivity index (χ1n) is 6.20. The summed E-state index contributed by atoms with van der Waals surface area (Å²) in [5, 5.41) is 0. The fraction of sp³-hybridized carbons (Fsp3) is 0.250. The molecular formula is C16H16O. The smallest absolute Gasteiger partial charge is 0.119 e. The standard InChI is InChI=1S/C16H16O/c1-2-5-14(6-3-1)15-7-4-8-16(11-15)17-12-13-9-10-13/h1-8,11,13H,9-10,12H2. The Labute approximate surface area is 102 Å². The van der Waals surface area contributed by atoms with Gasteiger partial charge in [-0.25, -0.2) is 0 Å². The maximum Gasteiger partial charge on any atom is 0.119 e. The molecular weight excluding hydrogens is 208 g/mol. The van der Waals surface area contributed by atoms with Gasteiger partial charge in [-0.15, -0.1) is 0 Å². The van der Waals surface area contributed by atoms with E-state index in [0.29, 0.717) is 0 Å². The molecule has 0 radical (unpaired) electrons. The van der Waals surface area contributed by atoms with E-state index in [9.17, 15) is 0 Å². The summed E-state index contributed by atoms with van der Waals surface area (Å²) in [5.41, 5.74) is 2.46. The van der Waals surface area contributed by atoms with E-state index in [1.54, 1.807) is 0 Å². The first kappa shape index (κ1) is 10.4. The number of hydrogen-bond donors (Lipinski definition) is 0. The van der Waals surface area contributed by atoms with Crippen molar-refractivity contribution in [3.63, 3.8) is 0 Å². The maximum atomic E-state index is 5.79. The van der Waals surface area contributed by atoms with Crippen molar-refractivity contribution in [2.24, 2.45) is 5.92 Å². The second kappa shape index (κ2) is 4.62. The molecule has 2 aromatic carbocycles. The third kappa shape index (κ3) is 2.68. The molecule has 17 heavy (non-hydrogen) atoms. The summed E-state index contributed by atoms with van der Waals surface area (Å²) < 4.78 is 5.79. The first-order valence-corrected chi connectivity index (χ1v) is 6.20. The van der Waals surface area contributed by atoms with Gasteiger partial charge in [0.1, 0.15) is 5.75 Å². The van der Waals surface area contributed by atoms with E-state index >= 15 is 0 Å². The third-order valence-electron chi connectivity index (χ3n) is 3.12. The Morgan fingerprint density at radius 2 is 1.65 bits per heavy atom. The van der Waals surface area contributed by atoms with Crippen molar-refractivity contribution in [1.82, 2.24) is 0 Å². The molecule has 1 heteroatoms. The van der Waals surface area contributed by atoms with Gasteiger partial charge in [-0.05, 0) is 42.0 Å². The number of ether oxygens (including phenoxy) is 1. The van der Waals surface area contributed by atoms with Crippen molar-refractivity contribution < 1.29 is 4.74 Å². The average Bonchev–Trinajstić information content (AvgIpc) is 3.22. The zero-order valence-corrected chi connectivity index (χ0v) is 9.80. The van der Waals surface area contributed by atoms with Crippen molar-refractivity contribution in [2.75, 3.05) is 6.61 Å². The van der Waals surface area contributed by atoms with Crippen LogP contribution in [0.5, 0.6) is 5.75 Å². The molecule has 86 valence electrons. The summed E-state index contributed by atoms with van der Waals surface area (Å²) in [6.07, 6.45) is 2.66. The summed E-state index contributed by atoms with van der Waals surface area (Å²) in [7, 11) is 0. The largest absolute Gasteiger partial charge is 0.493 e. The second-order valence-electron chi connectivity index (χ2n) is 4.65. The van der Waals surface area contributed by atoms with E-state index in [0.717, 1.165) is 18.3 Å². The van der Waals surface area contributed by atoms with Gasteiger partial charge in [0, 0.05) is 0 Å². The molecule has 0 bridgehead atoms. The molecule has 0 atom stereocenters. The van der Waals surface area contributed by atoms with Gasteiger partial charge in [0.2, 0.25) is 0 Å². The van der Waals surface area contributed by atoms with Crippen LogP contribution in [0.1, 0.15) is 12.8 Å². The highest BCUT2D eigenvalue weighted by Crippen LogP contribution is 2.30. The summed E-state index contributed by atoms with van der Waals surface area (Å²) >= 11 is 0. The minimum atomic E-state index is 0.801. The Morgan fingerprint density at radius 1 is 0.882 bits per heavy atom. The maximum absolute atomic E-state index is 5.79. The van der Waals surface area contributed by atoms with Gasteiger partial charge in [0.25, 0.3) is 0 Å². The lowest BCUT2D eigenvalue weighted by Crippen LogP contribution is -1.98. The minimum absolute atomic E-state index is 0.801. The number of hydrogen-bond acceptors (Lipinski definition) is 1. The normalized spacial score (nSPS) is 14.6. The van der Waals surface area contributed by atoms with Crippen molar-refractivity contribution in [3.05, 3.63) is 54.6 Å². The summed E-state index contributed by atoms with van der Waals surface area (Å²) in [5.74, 6) is 1.79. The zero-order valence-electron chi connectivity index (χ0n) is 9.80. The Morgan fingerprint density at radius 3 is 2.41 bits per heavy atom. The van der Waals surface area contributed by atoms with Gasteiger partial charge in [0.05, 0.1) is 6.61 Å². The van der Waals surface area contributed by atoms with Crippen molar-refractivity contribution in [3.8, 4) is 16.9 Å². The van der Waals surface area contributed by atoms with E-state index in [1.807, 2.05) is 12.1 Å². The van der Waals surface area contributed by atoms with Crippen molar-refractivity contribution in [2.45, 2.75) is 12.8 Å². The molecule has 2 aromatic rings. The van der Waals surface area contributed by atoms with E-state index in [2.05, 4.69) is 42.5 Å². The van der Waals surface area contributed by atoms with Crippen LogP contribution in [0.15, 0.2) is 54.6 Å². The van der Waals surface area contributed by atoms with Gasteiger partial charge >= 0.3 is 0 Å². The van der Waals surface area contributed by atoms with Gasteiger partial charge in [-0.2, -0.15) is 0 Å². The number of benzene rings is 2. The molecule has 0 N–H and O–H groups in total. The molecule has 1 aliphatic rings. The van der Waals surface area contributed by atoms with Gasteiger partial charge in [0.15, 0.2) is 0 Å². The molecule has 0 saturated heterocycles. The second-order valence-corrected chi connectivity index (χ2v) is 4.65. The average molecular weight is 224 g/mol. The summed E-state index contributed by atoms with van der Waals surface area (Å²) in [4.78, 5) is 0. The zero-order chi connectivity index (χ0) is 11.5. The SMILES string of the molecule is c1ccc(-c2cccc(OCC3CC3)c2)cc1. The van der Waals surface area contributed by atoms with Crippen LogP contribution >= 0.6 is 0 Å². The predicted molar refractivity (Wildman–Crippen MR) is 70.1 cm³/mol. The molecule has 0 spiro atoms. The van der Waals surface area contributed by atoms with E-state index in [4.69, 9.17) is 4.74 Å². The summed E-state index contributed by atoms with van der Waals surface area (Å²) in [6.45, 7) is 0.873. The Bertz CT molecular complexity index is 486. The highest BCUT2D eigenvalue weighted by molar-refractivity contribution is 5.64. The molecule has 0 amide bonds. The minimum Gasteiger partial charge on any atom is -0.493 e. The summed E-state index contributed by atoms with van der Waals surface area (Å²) in [6, 6.07) is 18.8. The van der Waals surface area contributed by atoms with Crippen LogP contribution in [0, 0.1) is 5.92 Å². The van der Waals surface area contributed by atoms with Gasteiger partial charge in [-0.3, -0.25) is 0 Å². The molecule has 1 aliphatic carbocycles. The van der Waals surface area contributed by atoms with E-state index < -0.39 is 0 Å². The third-order valence-corrected chi connectivity index (χ3v) is 3.12. The molecule has 1 nitrogen and oxygen atoms in total. The van der Waals surface area contributed by atoms with Crippen LogP contribution in [-0.4, -0.2) is 6.61 Å². The first-order chi connectivity index (χ1) is 8.42. The Kier molecular flexibility index (Phi) is 2.83. The Balaban J connectivity index is 1.78. The van der Waals surface area contributed by atoms with Crippen LogP contribution in [0.4, 0.5) is 0 Å². The molecule has 1 fully saturated rings. The molecule has 0 aromatic heterocycles. The highest BCUT2D eigenvalue weighted by Gasteiger charge is 2.21. The van der Waals surface area contributed by atoms with Gasteiger partial charge in [-0.1, -0.05) is 42.5 Å². The molecule has 0 heterocycles. The fourth-order valence-corrected chi connectivity index (χ4v) is 1.89. The van der Waals surface area contributed by atoms with Crippen molar-refractivity contribution in [1.29, 1.82) is 0 Å². The van der Waals surface area contributed by atoms with E-state index in [1.165, 1.54) is 24.0 Å². The molecule has 0 unspecified atom stereocenters. The lowest BCUT2D eigenvalue weighted by Gasteiger charge is -2.07. The fourth-order valence-electron chi connectivity index (χ4n) is 1.89. The van der Waals surface area contributed by atoms with Crippen LogP contribution in [0.2, 0.25) is 0 Å². The lowest BCUT2D eigenvalue weighted by atomic mass is 10.1.